The van der Waals surface area contributed by atoms with Gasteiger partial charge in [0.2, 0.25) is 5.91 Å². The Morgan fingerprint density at radius 2 is 2.42 bits per heavy atom. The van der Waals surface area contributed by atoms with E-state index in [1.807, 2.05) is 17.9 Å². The number of nitrogens with two attached hydrogens (primary N) is 1. The SMILES string of the molecule is CC(N)C1CCCN(C(=O)CCc2cccs2)C1.Cl. The number of hydrogen-bond donors (Lipinski definition) is 1. The molecule has 19 heavy (non-hydrogen) atoms. The number of piperidine rings is 1. The Kier molecular flexibility index (Phi) is 6.83. The van der Waals surface area contributed by atoms with Crippen molar-refractivity contribution in [2.45, 2.75) is 38.6 Å². The van der Waals surface area contributed by atoms with Crippen LogP contribution in [0, 0.1) is 5.92 Å². The molecular weight excluding hydrogens is 280 g/mol. The fourth-order valence-electron chi connectivity index (χ4n) is 2.51. The van der Waals surface area contributed by atoms with Gasteiger partial charge in [0.25, 0.3) is 0 Å². The Morgan fingerprint density at radius 1 is 1.63 bits per heavy atom. The maximum Gasteiger partial charge on any atom is 0.222 e. The fourth-order valence-corrected chi connectivity index (χ4v) is 3.22. The van der Waals surface area contributed by atoms with Gasteiger partial charge in [0, 0.05) is 30.4 Å². The van der Waals surface area contributed by atoms with Gasteiger partial charge >= 0.3 is 0 Å². The molecule has 2 unspecified atom stereocenters. The van der Waals surface area contributed by atoms with Crippen LogP contribution < -0.4 is 5.73 Å². The quantitative estimate of drug-likeness (QED) is 0.929. The second kappa shape index (κ2) is 7.88. The Labute approximate surface area is 125 Å². The van der Waals surface area contributed by atoms with E-state index in [0.717, 1.165) is 32.4 Å². The molecule has 0 saturated carbocycles. The fraction of sp³-hybridized carbons (Fsp3) is 0.643. The Morgan fingerprint density at radius 3 is 3.05 bits per heavy atom. The van der Waals surface area contributed by atoms with Gasteiger partial charge in [-0.2, -0.15) is 0 Å². The summed E-state index contributed by atoms with van der Waals surface area (Å²) in [6.07, 6.45) is 3.76. The summed E-state index contributed by atoms with van der Waals surface area (Å²) in [7, 11) is 0. The van der Waals surface area contributed by atoms with Crippen molar-refractivity contribution < 1.29 is 4.79 Å². The lowest BCUT2D eigenvalue weighted by Gasteiger charge is -2.34. The van der Waals surface area contributed by atoms with Crippen molar-refractivity contribution in [1.82, 2.24) is 4.90 Å². The normalized spacial score (nSPS) is 20.7. The molecule has 1 amide bonds. The first-order chi connectivity index (χ1) is 8.66. The average Bonchev–Trinajstić information content (AvgIpc) is 2.89. The van der Waals surface area contributed by atoms with Crippen molar-refractivity contribution >= 4 is 29.7 Å². The van der Waals surface area contributed by atoms with E-state index in [4.69, 9.17) is 5.73 Å². The van der Waals surface area contributed by atoms with Crippen LogP contribution in [0.5, 0.6) is 0 Å². The van der Waals surface area contributed by atoms with Crippen LogP contribution in [0.1, 0.15) is 31.1 Å². The van der Waals surface area contributed by atoms with E-state index in [1.54, 1.807) is 11.3 Å². The minimum Gasteiger partial charge on any atom is -0.342 e. The zero-order chi connectivity index (χ0) is 13.0. The molecule has 1 aliphatic heterocycles. The summed E-state index contributed by atoms with van der Waals surface area (Å²) in [5.74, 6) is 0.762. The van der Waals surface area contributed by atoms with Gasteiger partial charge in [-0.05, 0) is 43.6 Å². The summed E-state index contributed by atoms with van der Waals surface area (Å²) >= 11 is 1.73. The van der Waals surface area contributed by atoms with Crippen molar-refractivity contribution in [2.75, 3.05) is 13.1 Å². The molecule has 2 rings (SSSR count). The molecule has 2 N–H and O–H groups in total. The predicted molar refractivity (Wildman–Crippen MR) is 82.8 cm³/mol. The third kappa shape index (κ3) is 4.79. The van der Waals surface area contributed by atoms with E-state index < -0.39 is 0 Å². The minimum absolute atomic E-state index is 0. The van der Waals surface area contributed by atoms with E-state index in [1.165, 1.54) is 4.88 Å². The first-order valence-corrected chi connectivity index (χ1v) is 7.60. The Balaban J connectivity index is 0.00000180. The van der Waals surface area contributed by atoms with Crippen molar-refractivity contribution in [1.29, 1.82) is 0 Å². The molecule has 0 aliphatic carbocycles. The maximum atomic E-state index is 12.2. The molecule has 0 bridgehead atoms. The van der Waals surface area contributed by atoms with Crippen LogP contribution in [0.15, 0.2) is 17.5 Å². The number of carbonyl (C=O) groups is 1. The molecule has 2 heterocycles. The van der Waals surface area contributed by atoms with Crippen LogP contribution in [0.4, 0.5) is 0 Å². The highest BCUT2D eigenvalue weighted by Gasteiger charge is 2.25. The van der Waals surface area contributed by atoms with Crippen molar-refractivity contribution in [3.63, 3.8) is 0 Å². The van der Waals surface area contributed by atoms with Gasteiger partial charge in [-0.1, -0.05) is 6.07 Å². The van der Waals surface area contributed by atoms with Crippen molar-refractivity contribution in [2.24, 2.45) is 11.7 Å². The Hall–Kier alpha value is -0.580. The van der Waals surface area contributed by atoms with Crippen LogP contribution in [-0.4, -0.2) is 29.9 Å². The number of likely N-dealkylation sites (tertiary alicyclic amines) is 1. The number of carbonyl (C=O) groups excluding carboxylic acids is 1. The maximum absolute atomic E-state index is 12.2. The number of halogens is 1. The molecular formula is C14H23ClN2OS. The minimum atomic E-state index is 0. The molecule has 0 radical (unpaired) electrons. The molecule has 5 heteroatoms. The van der Waals surface area contributed by atoms with E-state index in [-0.39, 0.29) is 24.4 Å². The summed E-state index contributed by atoms with van der Waals surface area (Å²) in [6.45, 7) is 3.80. The lowest BCUT2D eigenvalue weighted by molar-refractivity contribution is -0.133. The molecule has 1 fully saturated rings. The summed E-state index contributed by atoms with van der Waals surface area (Å²) in [5, 5.41) is 2.06. The number of hydrogen-bond acceptors (Lipinski definition) is 3. The Bertz CT molecular complexity index is 381. The predicted octanol–water partition coefficient (Wildman–Crippen LogP) is 2.69. The molecule has 1 aromatic heterocycles. The summed E-state index contributed by atoms with van der Waals surface area (Å²) in [4.78, 5) is 15.5. The third-order valence-corrected chi connectivity index (χ3v) is 4.66. The molecule has 1 aromatic rings. The zero-order valence-electron chi connectivity index (χ0n) is 11.4. The molecule has 3 nitrogen and oxygen atoms in total. The highest BCUT2D eigenvalue weighted by molar-refractivity contribution is 7.09. The van der Waals surface area contributed by atoms with Gasteiger partial charge in [-0.15, -0.1) is 23.7 Å². The highest BCUT2D eigenvalue weighted by atomic mass is 35.5. The number of amides is 1. The van der Waals surface area contributed by atoms with Gasteiger partial charge in [-0.3, -0.25) is 4.79 Å². The molecule has 0 aromatic carbocycles. The van der Waals surface area contributed by atoms with Crippen molar-refractivity contribution in [3.05, 3.63) is 22.4 Å². The second-order valence-electron chi connectivity index (χ2n) is 5.18. The van der Waals surface area contributed by atoms with Gasteiger partial charge in [-0.25, -0.2) is 0 Å². The number of thiophene rings is 1. The van der Waals surface area contributed by atoms with E-state index in [2.05, 4.69) is 11.4 Å². The number of rotatable bonds is 4. The number of aryl methyl sites for hydroxylation is 1. The topological polar surface area (TPSA) is 46.3 Å². The van der Waals surface area contributed by atoms with Crippen molar-refractivity contribution in [3.8, 4) is 0 Å². The van der Waals surface area contributed by atoms with Gasteiger partial charge in [0.1, 0.15) is 0 Å². The summed E-state index contributed by atoms with van der Waals surface area (Å²) < 4.78 is 0. The first kappa shape index (κ1) is 16.5. The number of nitrogens with zero attached hydrogens (tertiary/aromatic N) is 1. The largest absolute Gasteiger partial charge is 0.342 e. The lowest BCUT2D eigenvalue weighted by atomic mass is 9.92. The lowest BCUT2D eigenvalue weighted by Crippen LogP contribution is -2.45. The van der Waals surface area contributed by atoms with Gasteiger partial charge in [0.15, 0.2) is 0 Å². The monoisotopic (exact) mass is 302 g/mol. The molecule has 1 aliphatic rings. The smallest absolute Gasteiger partial charge is 0.222 e. The molecule has 0 spiro atoms. The highest BCUT2D eigenvalue weighted by Crippen LogP contribution is 2.20. The second-order valence-corrected chi connectivity index (χ2v) is 6.21. The van der Waals surface area contributed by atoms with Crippen LogP contribution >= 0.6 is 23.7 Å². The summed E-state index contributed by atoms with van der Waals surface area (Å²) in [5.41, 5.74) is 5.94. The van der Waals surface area contributed by atoms with Crippen LogP contribution in [0.3, 0.4) is 0 Å². The van der Waals surface area contributed by atoms with Crippen LogP contribution in [0.2, 0.25) is 0 Å². The van der Waals surface area contributed by atoms with E-state index in [0.29, 0.717) is 12.3 Å². The van der Waals surface area contributed by atoms with Crippen LogP contribution in [-0.2, 0) is 11.2 Å². The molecule has 108 valence electrons. The first-order valence-electron chi connectivity index (χ1n) is 6.72. The molecule has 1 saturated heterocycles. The standard InChI is InChI=1S/C14H22N2OS.ClH/c1-11(15)12-4-2-8-16(10-12)14(17)7-6-13-5-3-9-18-13;/h3,5,9,11-12H,2,4,6-8,10,15H2,1H3;1H. The average molecular weight is 303 g/mol. The van der Waals surface area contributed by atoms with Gasteiger partial charge in [0.05, 0.1) is 0 Å². The van der Waals surface area contributed by atoms with E-state index in [9.17, 15) is 4.79 Å². The molecule has 2 atom stereocenters. The van der Waals surface area contributed by atoms with E-state index >= 15 is 0 Å². The third-order valence-electron chi connectivity index (χ3n) is 3.72. The van der Waals surface area contributed by atoms with Gasteiger partial charge < -0.3 is 10.6 Å². The zero-order valence-corrected chi connectivity index (χ0v) is 13.0. The summed E-state index contributed by atoms with van der Waals surface area (Å²) in [6, 6.07) is 4.33. The van der Waals surface area contributed by atoms with Crippen LogP contribution in [0.25, 0.3) is 0 Å².